The molecular weight excluding hydrogens is 418 g/mol. The number of aliphatic imine (C=N–C) groups is 1. The van der Waals surface area contributed by atoms with Crippen LogP contribution < -0.4 is 9.64 Å². The van der Waals surface area contributed by atoms with Crippen molar-refractivity contribution < 1.29 is 9.53 Å². The van der Waals surface area contributed by atoms with E-state index in [9.17, 15) is 4.79 Å². The quantitative estimate of drug-likeness (QED) is 0.560. The molecule has 0 N–H and O–H groups in total. The van der Waals surface area contributed by atoms with Gasteiger partial charge in [0.2, 0.25) is 0 Å². The van der Waals surface area contributed by atoms with Crippen LogP contribution in [-0.4, -0.2) is 23.8 Å². The molecule has 0 saturated heterocycles. The molecule has 138 valence electrons. The summed E-state index contributed by atoms with van der Waals surface area (Å²) in [6.07, 6.45) is 5.14. The molecule has 0 atom stereocenters. The lowest BCUT2D eigenvalue weighted by Crippen LogP contribution is -2.32. The Morgan fingerprint density at radius 1 is 1.00 bits per heavy atom. The summed E-state index contributed by atoms with van der Waals surface area (Å²) in [7, 11) is 1.61. The third kappa shape index (κ3) is 3.46. The summed E-state index contributed by atoms with van der Waals surface area (Å²) in [4.78, 5) is 23.5. The number of pyridine rings is 1. The molecule has 0 spiro atoms. The van der Waals surface area contributed by atoms with E-state index < -0.39 is 0 Å². The highest BCUT2D eigenvalue weighted by Crippen LogP contribution is 2.31. The van der Waals surface area contributed by atoms with Crippen LogP contribution >= 0.6 is 15.9 Å². The monoisotopic (exact) mass is 433 g/mol. The van der Waals surface area contributed by atoms with Gasteiger partial charge in [0.25, 0.3) is 5.91 Å². The number of amides is 1. The molecule has 4 rings (SSSR count). The van der Waals surface area contributed by atoms with Gasteiger partial charge in [0.15, 0.2) is 0 Å². The van der Waals surface area contributed by atoms with E-state index in [4.69, 9.17) is 4.74 Å². The summed E-state index contributed by atoms with van der Waals surface area (Å²) in [5.74, 6) is 1.11. The fourth-order valence-electron chi connectivity index (χ4n) is 2.93. The van der Waals surface area contributed by atoms with Gasteiger partial charge in [0, 0.05) is 22.4 Å². The van der Waals surface area contributed by atoms with Gasteiger partial charge in [0.1, 0.15) is 17.3 Å². The summed E-state index contributed by atoms with van der Waals surface area (Å²) in [6.45, 7) is 0. The van der Waals surface area contributed by atoms with Gasteiger partial charge in [-0.05, 0) is 54.1 Å². The third-order valence-corrected chi connectivity index (χ3v) is 5.01. The number of amidine groups is 1. The first kappa shape index (κ1) is 18.1. The molecule has 28 heavy (non-hydrogen) atoms. The number of benzene rings is 2. The number of hydrogen-bond donors (Lipinski definition) is 0. The van der Waals surface area contributed by atoms with Crippen LogP contribution in [0.3, 0.4) is 0 Å². The first-order chi connectivity index (χ1) is 13.7. The van der Waals surface area contributed by atoms with Crippen LogP contribution in [0, 0.1) is 0 Å². The minimum absolute atomic E-state index is 0.187. The van der Waals surface area contributed by atoms with Gasteiger partial charge >= 0.3 is 0 Å². The zero-order valence-corrected chi connectivity index (χ0v) is 16.6. The molecule has 0 aliphatic carbocycles. The van der Waals surface area contributed by atoms with Crippen molar-refractivity contribution in [1.82, 2.24) is 4.98 Å². The molecule has 6 heteroatoms. The highest BCUT2D eigenvalue weighted by atomic mass is 79.9. The molecule has 1 aliphatic heterocycles. The van der Waals surface area contributed by atoms with Crippen molar-refractivity contribution in [3.8, 4) is 5.75 Å². The maximum absolute atomic E-state index is 13.2. The molecule has 1 aliphatic rings. The SMILES string of the molecule is COc1ccc(N2C(=O)/C(=C\c3ccncc3)N=C2c2ccccc2Br)cc1. The Morgan fingerprint density at radius 2 is 1.71 bits per heavy atom. The van der Waals surface area contributed by atoms with E-state index in [1.54, 1.807) is 30.5 Å². The highest BCUT2D eigenvalue weighted by molar-refractivity contribution is 9.10. The number of nitrogens with zero attached hydrogens (tertiary/aromatic N) is 3. The van der Waals surface area contributed by atoms with Crippen molar-refractivity contribution in [2.45, 2.75) is 0 Å². The molecule has 5 nitrogen and oxygen atoms in total. The van der Waals surface area contributed by atoms with Crippen LogP contribution in [0.15, 0.2) is 88.2 Å². The molecule has 2 aromatic carbocycles. The molecule has 0 bridgehead atoms. The van der Waals surface area contributed by atoms with Crippen LogP contribution in [0.2, 0.25) is 0 Å². The van der Waals surface area contributed by atoms with Gasteiger partial charge in [0.05, 0.1) is 12.8 Å². The Labute approximate surface area is 171 Å². The predicted molar refractivity (Wildman–Crippen MR) is 113 cm³/mol. The van der Waals surface area contributed by atoms with E-state index >= 15 is 0 Å². The topological polar surface area (TPSA) is 54.8 Å². The second-order valence-electron chi connectivity index (χ2n) is 6.06. The van der Waals surface area contributed by atoms with Crippen molar-refractivity contribution in [3.05, 3.63) is 94.4 Å². The van der Waals surface area contributed by atoms with Crippen molar-refractivity contribution >= 4 is 39.4 Å². The molecule has 0 radical (unpaired) electrons. The highest BCUT2D eigenvalue weighted by Gasteiger charge is 2.33. The van der Waals surface area contributed by atoms with Gasteiger partial charge < -0.3 is 4.74 Å². The Morgan fingerprint density at radius 3 is 2.39 bits per heavy atom. The predicted octanol–water partition coefficient (Wildman–Crippen LogP) is 4.69. The van der Waals surface area contributed by atoms with Crippen molar-refractivity contribution in [2.24, 2.45) is 4.99 Å². The largest absolute Gasteiger partial charge is 0.497 e. The van der Waals surface area contributed by atoms with Gasteiger partial charge in [-0.15, -0.1) is 0 Å². The average Bonchev–Trinajstić information content (AvgIpc) is 3.05. The van der Waals surface area contributed by atoms with Crippen LogP contribution in [0.4, 0.5) is 5.69 Å². The standard InChI is InChI=1S/C22H16BrN3O2/c1-28-17-8-6-16(7-9-17)26-21(18-4-2-3-5-19(18)23)25-20(22(26)27)14-15-10-12-24-13-11-15/h2-14H,1H3/b20-14+. The van der Waals surface area contributed by atoms with Gasteiger partial charge in [-0.2, -0.15) is 0 Å². The third-order valence-electron chi connectivity index (χ3n) is 4.32. The van der Waals surface area contributed by atoms with Gasteiger partial charge in [-0.3, -0.25) is 14.7 Å². The molecular formula is C22H16BrN3O2. The number of carbonyl (C=O) groups excluding carboxylic acids is 1. The Bertz CT molecular complexity index is 1080. The number of rotatable bonds is 4. The second-order valence-corrected chi connectivity index (χ2v) is 6.92. The summed E-state index contributed by atoms with van der Waals surface area (Å²) >= 11 is 3.57. The number of carbonyl (C=O) groups is 1. The lowest BCUT2D eigenvalue weighted by molar-refractivity contribution is -0.113. The summed E-state index contributed by atoms with van der Waals surface area (Å²) in [5.41, 5.74) is 2.79. The molecule has 0 saturated carbocycles. The number of methoxy groups -OCH3 is 1. The fraction of sp³-hybridized carbons (Fsp3) is 0.0455. The van der Waals surface area contributed by atoms with E-state index in [1.807, 2.05) is 60.7 Å². The van der Waals surface area contributed by atoms with Crippen molar-refractivity contribution in [3.63, 3.8) is 0 Å². The number of aromatic nitrogens is 1. The van der Waals surface area contributed by atoms with Crippen molar-refractivity contribution in [2.75, 3.05) is 12.0 Å². The van der Waals surface area contributed by atoms with Crippen LogP contribution in [0.1, 0.15) is 11.1 Å². The van der Waals surface area contributed by atoms with E-state index in [0.29, 0.717) is 11.5 Å². The summed E-state index contributed by atoms with van der Waals surface area (Å²) < 4.78 is 6.10. The van der Waals surface area contributed by atoms with E-state index in [0.717, 1.165) is 27.0 Å². The van der Waals surface area contributed by atoms with Crippen LogP contribution in [0.5, 0.6) is 5.75 Å². The van der Waals surface area contributed by atoms with Crippen molar-refractivity contribution in [1.29, 1.82) is 0 Å². The number of hydrogen-bond acceptors (Lipinski definition) is 4. The lowest BCUT2D eigenvalue weighted by atomic mass is 10.1. The molecule has 0 fully saturated rings. The molecule has 0 unspecified atom stereocenters. The Kier molecular flexibility index (Phi) is 5.04. The van der Waals surface area contributed by atoms with Crippen LogP contribution in [0.25, 0.3) is 6.08 Å². The van der Waals surface area contributed by atoms with Gasteiger partial charge in [-0.25, -0.2) is 4.99 Å². The first-order valence-corrected chi connectivity index (χ1v) is 9.40. The van der Waals surface area contributed by atoms with E-state index in [2.05, 4.69) is 25.9 Å². The lowest BCUT2D eigenvalue weighted by Gasteiger charge is -2.19. The maximum atomic E-state index is 13.2. The summed E-state index contributed by atoms with van der Waals surface area (Å²) in [6, 6.07) is 18.7. The minimum Gasteiger partial charge on any atom is -0.497 e. The number of ether oxygens (including phenoxy) is 1. The minimum atomic E-state index is -0.187. The summed E-state index contributed by atoms with van der Waals surface area (Å²) in [5, 5.41) is 0. The molecule has 3 aromatic rings. The molecule has 1 aromatic heterocycles. The smallest absolute Gasteiger partial charge is 0.282 e. The Hall–Kier alpha value is -3.25. The number of halogens is 1. The Balaban J connectivity index is 1.83. The zero-order chi connectivity index (χ0) is 19.5. The second kappa shape index (κ2) is 7.78. The maximum Gasteiger partial charge on any atom is 0.282 e. The average molecular weight is 434 g/mol. The fourth-order valence-corrected chi connectivity index (χ4v) is 3.39. The van der Waals surface area contributed by atoms with E-state index in [1.165, 1.54) is 0 Å². The number of anilines is 1. The van der Waals surface area contributed by atoms with Gasteiger partial charge in [-0.1, -0.05) is 34.1 Å². The molecule has 2 heterocycles. The first-order valence-electron chi connectivity index (χ1n) is 8.61. The normalized spacial score (nSPS) is 15.1. The van der Waals surface area contributed by atoms with Crippen LogP contribution in [-0.2, 0) is 4.79 Å². The van der Waals surface area contributed by atoms with E-state index in [-0.39, 0.29) is 5.91 Å². The molecule has 1 amide bonds. The zero-order valence-electron chi connectivity index (χ0n) is 15.0.